The first-order valence-corrected chi connectivity index (χ1v) is 12.3. The molecule has 0 spiro atoms. The lowest BCUT2D eigenvalue weighted by Crippen LogP contribution is -2.25. The number of carbonyl (C=O) groups excluding carboxylic acids is 1. The number of para-hydroxylation sites is 4. The van der Waals surface area contributed by atoms with Gasteiger partial charge in [0.15, 0.2) is 0 Å². The third kappa shape index (κ3) is 4.98. The number of anilines is 1. The van der Waals surface area contributed by atoms with E-state index < -0.39 is 0 Å². The van der Waals surface area contributed by atoms with E-state index in [0.29, 0.717) is 30.3 Å². The summed E-state index contributed by atoms with van der Waals surface area (Å²) in [6, 6.07) is 23.3. The Morgan fingerprint density at radius 1 is 1.00 bits per heavy atom. The van der Waals surface area contributed by atoms with Crippen LogP contribution in [0.15, 0.2) is 72.8 Å². The fraction of sp³-hybridized carbons (Fsp3) is 0.286. The van der Waals surface area contributed by atoms with Gasteiger partial charge in [0.1, 0.15) is 17.3 Å². The number of carbonyl (C=O) groups is 1. The van der Waals surface area contributed by atoms with Crippen LogP contribution in [-0.2, 0) is 11.3 Å². The zero-order valence-electron chi connectivity index (χ0n) is 19.7. The Bertz CT molecular complexity index is 1320. The number of methoxy groups -OCH3 is 1. The van der Waals surface area contributed by atoms with Crippen LogP contribution in [0.5, 0.6) is 11.5 Å². The summed E-state index contributed by atoms with van der Waals surface area (Å²) in [5.41, 5.74) is 2.87. The minimum atomic E-state index is 0.0186. The predicted octanol–water partition coefficient (Wildman–Crippen LogP) is 6.08. The largest absolute Gasteiger partial charge is 0.495 e. The molecule has 5 rings (SSSR count). The summed E-state index contributed by atoms with van der Waals surface area (Å²) in [5, 5.41) is 0.700. The molecule has 1 saturated heterocycles. The highest BCUT2D eigenvalue weighted by Crippen LogP contribution is 2.37. The topological polar surface area (TPSA) is 56.6 Å². The Morgan fingerprint density at radius 2 is 1.77 bits per heavy atom. The second kappa shape index (κ2) is 10.4. The Morgan fingerprint density at radius 3 is 2.60 bits per heavy atom. The van der Waals surface area contributed by atoms with Gasteiger partial charge in [-0.05, 0) is 61.4 Å². The minimum Gasteiger partial charge on any atom is -0.495 e. The molecule has 1 aliphatic rings. The summed E-state index contributed by atoms with van der Waals surface area (Å²) < 4.78 is 13.6. The summed E-state index contributed by atoms with van der Waals surface area (Å²) in [5.74, 6) is 2.61. The van der Waals surface area contributed by atoms with Crippen molar-refractivity contribution in [2.45, 2.75) is 31.7 Å². The van der Waals surface area contributed by atoms with Crippen molar-refractivity contribution in [2.75, 3.05) is 25.2 Å². The summed E-state index contributed by atoms with van der Waals surface area (Å²) in [6.07, 6.45) is 2.28. The quantitative estimate of drug-likeness (QED) is 0.267. The van der Waals surface area contributed by atoms with Gasteiger partial charge < -0.3 is 18.9 Å². The molecule has 4 aromatic rings. The smallest absolute Gasteiger partial charge is 0.227 e. The van der Waals surface area contributed by atoms with Gasteiger partial charge in [-0.2, -0.15) is 0 Å². The molecule has 35 heavy (non-hydrogen) atoms. The first kappa shape index (κ1) is 23.2. The maximum absolute atomic E-state index is 13.0. The highest BCUT2D eigenvalue weighted by molar-refractivity contribution is 6.30. The van der Waals surface area contributed by atoms with Gasteiger partial charge in [-0.15, -0.1) is 0 Å². The number of hydrogen-bond donors (Lipinski definition) is 0. The van der Waals surface area contributed by atoms with Gasteiger partial charge in [-0.1, -0.05) is 35.9 Å². The van der Waals surface area contributed by atoms with Crippen molar-refractivity contribution in [3.63, 3.8) is 0 Å². The predicted molar refractivity (Wildman–Crippen MR) is 139 cm³/mol. The number of imidazole rings is 1. The van der Waals surface area contributed by atoms with Crippen LogP contribution in [0.3, 0.4) is 0 Å². The summed E-state index contributed by atoms with van der Waals surface area (Å²) in [7, 11) is 1.63. The van der Waals surface area contributed by atoms with Gasteiger partial charge in [0, 0.05) is 30.5 Å². The van der Waals surface area contributed by atoms with Crippen molar-refractivity contribution >= 4 is 34.2 Å². The number of nitrogens with zero attached hydrogens (tertiary/aromatic N) is 3. The van der Waals surface area contributed by atoms with Crippen LogP contribution in [-0.4, -0.2) is 35.7 Å². The zero-order chi connectivity index (χ0) is 24.2. The number of halogens is 1. The molecule has 0 bridgehead atoms. The number of benzene rings is 3. The third-order valence-electron chi connectivity index (χ3n) is 6.41. The summed E-state index contributed by atoms with van der Waals surface area (Å²) in [6.45, 7) is 2.04. The summed E-state index contributed by atoms with van der Waals surface area (Å²) >= 11 is 5.94. The minimum absolute atomic E-state index is 0.0186. The van der Waals surface area contributed by atoms with Crippen molar-refractivity contribution in [1.29, 1.82) is 0 Å². The van der Waals surface area contributed by atoms with E-state index in [0.717, 1.165) is 47.7 Å². The molecule has 180 valence electrons. The third-order valence-corrected chi connectivity index (χ3v) is 6.66. The van der Waals surface area contributed by atoms with E-state index in [1.54, 1.807) is 7.11 Å². The molecular weight excluding hydrogens is 462 g/mol. The molecule has 7 heteroatoms. The Labute approximate surface area is 210 Å². The Kier molecular flexibility index (Phi) is 6.91. The number of rotatable bonds is 9. The molecule has 1 aromatic heterocycles. The molecule has 6 nitrogen and oxygen atoms in total. The average Bonchev–Trinajstić information content (AvgIpc) is 3.45. The van der Waals surface area contributed by atoms with Gasteiger partial charge in [0.25, 0.3) is 0 Å². The van der Waals surface area contributed by atoms with Crippen LogP contribution in [0.25, 0.3) is 11.0 Å². The molecule has 1 aliphatic heterocycles. The van der Waals surface area contributed by atoms with Crippen molar-refractivity contribution in [3.05, 3.63) is 83.6 Å². The monoisotopic (exact) mass is 489 g/mol. The molecule has 1 unspecified atom stereocenters. The molecule has 1 fully saturated rings. The van der Waals surface area contributed by atoms with Crippen LogP contribution in [0.4, 0.5) is 5.69 Å². The van der Waals surface area contributed by atoms with Crippen LogP contribution in [0.2, 0.25) is 5.02 Å². The maximum atomic E-state index is 13.0. The number of ether oxygens (including phenoxy) is 2. The van der Waals surface area contributed by atoms with Crippen LogP contribution in [0.1, 0.15) is 31.0 Å². The van der Waals surface area contributed by atoms with Gasteiger partial charge in [0.05, 0.1) is 30.4 Å². The van der Waals surface area contributed by atoms with Crippen LogP contribution < -0.4 is 14.4 Å². The van der Waals surface area contributed by atoms with E-state index in [9.17, 15) is 4.79 Å². The van der Waals surface area contributed by atoms with E-state index in [-0.39, 0.29) is 11.8 Å². The second-order valence-electron chi connectivity index (χ2n) is 8.70. The molecule has 0 N–H and O–H groups in total. The second-order valence-corrected chi connectivity index (χ2v) is 9.13. The maximum Gasteiger partial charge on any atom is 0.227 e. The number of aromatic nitrogens is 2. The van der Waals surface area contributed by atoms with Crippen molar-refractivity contribution in [3.8, 4) is 11.5 Å². The van der Waals surface area contributed by atoms with E-state index in [1.807, 2.05) is 71.6 Å². The fourth-order valence-electron chi connectivity index (χ4n) is 4.70. The van der Waals surface area contributed by atoms with Gasteiger partial charge in [-0.3, -0.25) is 4.79 Å². The molecule has 0 saturated carbocycles. The number of hydrogen-bond acceptors (Lipinski definition) is 4. The van der Waals surface area contributed by atoms with Crippen molar-refractivity contribution in [2.24, 2.45) is 0 Å². The number of fused-ring (bicyclic) bond motifs is 1. The molecule has 0 radical (unpaired) electrons. The number of unbranched alkanes of at least 4 members (excludes halogenated alkanes) is 1. The van der Waals surface area contributed by atoms with Crippen LogP contribution >= 0.6 is 11.6 Å². The zero-order valence-corrected chi connectivity index (χ0v) is 20.4. The first-order chi connectivity index (χ1) is 17.1. The van der Waals surface area contributed by atoms with Crippen molar-refractivity contribution < 1.29 is 14.3 Å². The fourth-order valence-corrected chi connectivity index (χ4v) is 4.83. The summed E-state index contributed by atoms with van der Waals surface area (Å²) in [4.78, 5) is 19.8. The van der Waals surface area contributed by atoms with Crippen LogP contribution in [0, 0.1) is 0 Å². The Hall–Kier alpha value is -3.51. The highest BCUT2D eigenvalue weighted by Gasteiger charge is 2.35. The van der Waals surface area contributed by atoms with E-state index >= 15 is 0 Å². The Balaban J connectivity index is 1.30. The molecule has 2 heterocycles. The number of aryl methyl sites for hydroxylation is 1. The molecule has 1 atom stereocenters. The normalized spacial score (nSPS) is 15.7. The first-order valence-electron chi connectivity index (χ1n) is 11.9. The lowest BCUT2D eigenvalue weighted by atomic mass is 10.1. The lowest BCUT2D eigenvalue weighted by molar-refractivity contribution is -0.117. The SMILES string of the molecule is COc1ccccc1N1CC(c2nc3ccccc3n2CCCCOc2ccc(Cl)cc2)CC1=O. The highest BCUT2D eigenvalue weighted by atomic mass is 35.5. The van der Waals surface area contributed by atoms with Crippen molar-refractivity contribution in [1.82, 2.24) is 9.55 Å². The molecular formula is C28H28ClN3O3. The van der Waals surface area contributed by atoms with E-state index in [1.165, 1.54) is 0 Å². The lowest BCUT2D eigenvalue weighted by Gasteiger charge is -2.19. The average molecular weight is 490 g/mol. The molecule has 1 amide bonds. The van der Waals surface area contributed by atoms with E-state index in [2.05, 4.69) is 10.6 Å². The van der Waals surface area contributed by atoms with Gasteiger partial charge in [0.2, 0.25) is 5.91 Å². The van der Waals surface area contributed by atoms with Gasteiger partial charge >= 0.3 is 0 Å². The van der Waals surface area contributed by atoms with Gasteiger partial charge in [-0.25, -0.2) is 4.98 Å². The number of amides is 1. The molecule has 3 aromatic carbocycles. The standard InChI is InChI=1S/C28H28ClN3O3/c1-34-26-11-5-4-10-25(26)32-19-20(18-27(32)33)28-30-23-8-2-3-9-24(23)31(28)16-6-7-17-35-22-14-12-21(29)13-15-22/h2-5,8-15,20H,6-7,16-19H2,1H3. The van der Waals surface area contributed by atoms with E-state index in [4.69, 9.17) is 26.1 Å². The molecule has 0 aliphatic carbocycles.